The molecule has 2 aromatic heterocycles. The van der Waals surface area contributed by atoms with Crippen molar-refractivity contribution in [2.24, 2.45) is 0 Å². The summed E-state index contributed by atoms with van der Waals surface area (Å²) in [5, 5.41) is 3.34. The van der Waals surface area contributed by atoms with Crippen molar-refractivity contribution < 1.29 is 4.42 Å². The third-order valence-corrected chi connectivity index (χ3v) is 2.69. The van der Waals surface area contributed by atoms with E-state index in [1.54, 1.807) is 6.20 Å². The van der Waals surface area contributed by atoms with Gasteiger partial charge in [0, 0.05) is 11.8 Å². The molecule has 17 heavy (non-hydrogen) atoms. The van der Waals surface area contributed by atoms with Gasteiger partial charge in [-0.25, -0.2) is 9.97 Å². The second-order valence-corrected chi connectivity index (χ2v) is 4.22. The van der Waals surface area contributed by atoms with E-state index in [0.717, 1.165) is 23.2 Å². The van der Waals surface area contributed by atoms with E-state index in [1.165, 1.54) is 5.56 Å². The molecular formula is C13H17N3O. The number of anilines is 1. The molecule has 0 aliphatic heterocycles. The van der Waals surface area contributed by atoms with Gasteiger partial charge in [0.25, 0.3) is 0 Å². The van der Waals surface area contributed by atoms with Crippen molar-refractivity contribution in [1.29, 1.82) is 0 Å². The van der Waals surface area contributed by atoms with Crippen LogP contribution in [0.3, 0.4) is 0 Å². The standard InChI is InChI=1S/C13H17N3O/c1-8-7-12(10(3)17-8)9(2)15-13-5-6-14-11(4)16-13/h5-7,9H,1-4H3,(H,14,15,16). The Bertz CT molecular complexity index is 519. The first-order valence-corrected chi connectivity index (χ1v) is 5.69. The normalized spacial score (nSPS) is 12.5. The van der Waals surface area contributed by atoms with E-state index < -0.39 is 0 Å². The second kappa shape index (κ2) is 4.57. The number of nitrogens with one attached hydrogen (secondary N) is 1. The van der Waals surface area contributed by atoms with Crippen LogP contribution >= 0.6 is 0 Å². The van der Waals surface area contributed by atoms with Crippen LogP contribution < -0.4 is 5.32 Å². The average Bonchev–Trinajstić information content (AvgIpc) is 2.58. The quantitative estimate of drug-likeness (QED) is 0.881. The van der Waals surface area contributed by atoms with Crippen molar-refractivity contribution in [1.82, 2.24) is 9.97 Å². The van der Waals surface area contributed by atoms with Crippen LogP contribution in [0, 0.1) is 20.8 Å². The van der Waals surface area contributed by atoms with Gasteiger partial charge in [-0.3, -0.25) is 0 Å². The highest BCUT2D eigenvalue weighted by Gasteiger charge is 2.12. The monoisotopic (exact) mass is 231 g/mol. The molecule has 1 N–H and O–H groups in total. The van der Waals surface area contributed by atoms with Crippen molar-refractivity contribution in [3.63, 3.8) is 0 Å². The highest BCUT2D eigenvalue weighted by Crippen LogP contribution is 2.23. The van der Waals surface area contributed by atoms with E-state index in [1.807, 2.05) is 26.8 Å². The Morgan fingerprint density at radius 1 is 1.29 bits per heavy atom. The molecule has 0 fully saturated rings. The van der Waals surface area contributed by atoms with Gasteiger partial charge < -0.3 is 9.73 Å². The summed E-state index contributed by atoms with van der Waals surface area (Å²) in [4.78, 5) is 8.39. The number of aryl methyl sites for hydroxylation is 3. The van der Waals surface area contributed by atoms with Crippen molar-refractivity contribution in [2.45, 2.75) is 33.7 Å². The summed E-state index contributed by atoms with van der Waals surface area (Å²) in [6.07, 6.45) is 1.75. The van der Waals surface area contributed by atoms with Gasteiger partial charge in [-0.05, 0) is 39.8 Å². The van der Waals surface area contributed by atoms with Crippen molar-refractivity contribution in [3.8, 4) is 0 Å². The van der Waals surface area contributed by atoms with Crippen LogP contribution in [0.25, 0.3) is 0 Å². The predicted molar refractivity (Wildman–Crippen MR) is 67.0 cm³/mol. The van der Waals surface area contributed by atoms with Crippen LogP contribution in [-0.4, -0.2) is 9.97 Å². The van der Waals surface area contributed by atoms with Gasteiger partial charge in [-0.1, -0.05) is 0 Å². The fourth-order valence-corrected chi connectivity index (χ4v) is 1.92. The van der Waals surface area contributed by atoms with E-state index in [-0.39, 0.29) is 6.04 Å². The maximum Gasteiger partial charge on any atom is 0.130 e. The zero-order valence-electron chi connectivity index (χ0n) is 10.6. The lowest BCUT2D eigenvalue weighted by Gasteiger charge is -2.13. The Labute approximate surface area is 101 Å². The molecule has 0 aliphatic carbocycles. The molecule has 0 bridgehead atoms. The number of hydrogen-bond acceptors (Lipinski definition) is 4. The first kappa shape index (κ1) is 11.6. The SMILES string of the molecule is Cc1nccc(NC(C)c2cc(C)oc2C)n1. The molecule has 1 atom stereocenters. The maximum absolute atomic E-state index is 5.52. The maximum atomic E-state index is 5.52. The molecule has 0 radical (unpaired) electrons. The van der Waals surface area contributed by atoms with Crippen LogP contribution in [0.2, 0.25) is 0 Å². The second-order valence-electron chi connectivity index (χ2n) is 4.22. The minimum atomic E-state index is 0.168. The Kier molecular flexibility index (Phi) is 3.13. The van der Waals surface area contributed by atoms with E-state index in [2.05, 4.69) is 28.3 Å². The van der Waals surface area contributed by atoms with E-state index >= 15 is 0 Å². The van der Waals surface area contributed by atoms with Crippen LogP contribution in [-0.2, 0) is 0 Å². The van der Waals surface area contributed by atoms with Gasteiger partial charge >= 0.3 is 0 Å². The molecular weight excluding hydrogens is 214 g/mol. The van der Waals surface area contributed by atoms with E-state index in [9.17, 15) is 0 Å². The first-order valence-electron chi connectivity index (χ1n) is 5.69. The van der Waals surface area contributed by atoms with Gasteiger partial charge in [-0.2, -0.15) is 0 Å². The fourth-order valence-electron chi connectivity index (χ4n) is 1.92. The molecule has 2 rings (SSSR count). The number of hydrogen-bond donors (Lipinski definition) is 1. The first-order chi connectivity index (χ1) is 8.06. The molecule has 0 saturated heterocycles. The Morgan fingerprint density at radius 2 is 2.06 bits per heavy atom. The highest BCUT2D eigenvalue weighted by molar-refractivity contribution is 5.38. The van der Waals surface area contributed by atoms with Crippen LogP contribution in [0.15, 0.2) is 22.7 Å². The van der Waals surface area contributed by atoms with Crippen molar-refractivity contribution in [3.05, 3.63) is 41.2 Å². The summed E-state index contributed by atoms with van der Waals surface area (Å²) < 4.78 is 5.52. The molecule has 0 amide bonds. The molecule has 0 saturated carbocycles. The third kappa shape index (κ3) is 2.64. The largest absolute Gasteiger partial charge is 0.466 e. The summed E-state index contributed by atoms with van der Waals surface area (Å²) in [5.74, 6) is 3.49. The molecule has 90 valence electrons. The Balaban J connectivity index is 2.16. The molecule has 0 aromatic carbocycles. The number of rotatable bonds is 3. The number of furan rings is 1. The number of nitrogens with zero attached hydrogens (tertiary/aromatic N) is 2. The van der Waals surface area contributed by atoms with Crippen LogP contribution in [0.4, 0.5) is 5.82 Å². The average molecular weight is 231 g/mol. The molecule has 0 aliphatic rings. The van der Waals surface area contributed by atoms with Crippen molar-refractivity contribution >= 4 is 5.82 Å². The van der Waals surface area contributed by atoms with Gasteiger partial charge in [0.15, 0.2) is 0 Å². The lowest BCUT2D eigenvalue weighted by molar-refractivity contribution is 0.500. The third-order valence-electron chi connectivity index (χ3n) is 2.69. The lowest BCUT2D eigenvalue weighted by atomic mass is 10.1. The van der Waals surface area contributed by atoms with E-state index in [0.29, 0.717) is 0 Å². The van der Waals surface area contributed by atoms with Crippen LogP contribution in [0.1, 0.15) is 35.9 Å². The predicted octanol–water partition coefficient (Wildman–Crippen LogP) is 3.17. The summed E-state index contributed by atoms with van der Waals surface area (Å²) in [6, 6.07) is 4.09. The molecule has 4 heteroatoms. The van der Waals surface area contributed by atoms with Gasteiger partial charge in [0.1, 0.15) is 23.2 Å². The van der Waals surface area contributed by atoms with Gasteiger partial charge in [-0.15, -0.1) is 0 Å². The smallest absolute Gasteiger partial charge is 0.130 e. The summed E-state index contributed by atoms with van der Waals surface area (Å²) in [7, 11) is 0. The molecule has 2 heterocycles. The molecule has 1 unspecified atom stereocenters. The zero-order valence-corrected chi connectivity index (χ0v) is 10.6. The van der Waals surface area contributed by atoms with E-state index in [4.69, 9.17) is 4.42 Å². The van der Waals surface area contributed by atoms with Gasteiger partial charge in [0.2, 0.25) is 0 Å². The zero-order chi connectivity index (χ0) is 12.4. The van der Waals surface area contributed by atoms with Crippen LogP contribution in [0.5, 0.6) is 0 Å². The Morgan fingerprint density at radius 3 is 2.65 bits per heavy atom. The minimum absolute atomic E-state index is 0.168. The summed E-state index contributed by atoms with van der Waals surface area (Å²) in [5.41, 5.74) is 1.17. The Hall–Kier alpha value is -1.84. The van der Waals surface area contributed by atoms with Gasteiger partial charge in [0.05, 0.1) is 6.04 Å². The molecule has 2 aromatic rings. The molecule has 0 spiro atoms. The lowest BCUT2D eigenvalue weighted by Crippen LogP contribution is -2.08. The fraction of sp³-hybridized carbons (Fsp3) is 0.385. The van der Waals surface area contributed by atoms with Crippen molar-refractivity contribution in [2.75, 3.05) is 5.32 Å². The summed E-state index contributed by atoms with van der Waals surface area (Å²) >= 11 is 0. The highest BCUT2D eigenvalue weighted by atomic mass is 16.3. The topological polar surface area (TPSA) is 51.0 Å². The minimum Gasteiger partial charge on any atom is -0.466 e. The molecule has 4 nitrogen and oxygen atoms in total. The summed E-state index contributed by atoms with van der Waals surface area (Å²) in [6.45, 7) is 7.90. The number of aromatic nitrogens is 2.